The molecule has 0 atom stereocenters. The van der Waals surface area contributed by atoms with Crippen molar-refractivity contribution in [2.45, 2.75) is 39.3 Å². The first-order valence-corrected chi connectivity index (χ1v) is 12.2. The highest BCUT2D eigenvalue weighted by Crippen LogP contribution is 2.16. The van der Waals surface area contributed by atoms with E-state index in [0.29, 0.717) is 0 Å². The molecule has 15 heavy (non-hydrogen) atoms. The van der Waals surface area contributed by atoms with E-state index < -0.39 is 16.4 Å². The summed E-state index contributed by atoms with van der Waals surface area (Å²) in [6.45, 7) is 13.6. The number of pyridine rings is 1. The Morgan fingerprint density at radius 2 is 1.67 bits per heavy atom. The van der Waals surface area contributed by atoms with Crippen LogP contribution in [0.3, 0.4) is 0 Å². The van der Waals surface area contributed by atoms with Gasteiger partial charge in [-0.2, -0.15) is 0 Å². The number of aromatic nitrogens is 1. The van der Waals surface area contributed by atoms with Gasteiger partial charge in [0.1, 0.15) is 5.75 Å². The molecular formula is C11H21NOSi2. The molecule has 1 rings (SSSR count). The predicted molar refractivity (Wildman–Crippen MR) is 71.2 cm³/mol. The van der Waals surface area contributed by atoms with E-state index >= 15 is 0 Å². The number of rotatable bonds is 3. The third-order valence-electron chi connectivity index (χ3n) is 2.01. The van der Waals surface area contributed by atoms with Crippen molar-refractivity contribution in [3.8, 4) is 5.75 Å². The number of hydrogen-bond donors (Lipinski definition) is 0. The van der Waals surface area contributed by atoms with Gasteiger partial charge in [0, 0.05) is 12.4 Å². The lowest BCUT2D eigenvalue weighted by molar-refractivity contribution is 0.561. The molecule has 4 heteroatoms. The van der Waals surface area contributed by atoms with Gasteiger partial charge in [-0.25, -0.2) is 0 Å². The van der Waals surface area contributed by atoms with Crippen molar-refractivity contribution >= 4 is 21.6 Å². The minimum absolute atomic E-state index is 1.06. The Hall–Kier alpha value is -0.616. The topological polar surface area (TPSA) is 22.1 Å². The Balaban J connectivity index is 3.08. The standard InChI is InChI=1S/C11H21NOSi2/c1-14(2,3)11-9-12-8-7-10(11)13-15(4,5)6/h7-9H,1-6H3. The molecular weight excluding hydrogens is 218 g/mol. The van der Waals surface area contributed by atoms with E-state index in [1.807, 2.05) is 18.5 Å². The third kappa shape index (κ3) is 3.79. The zero-order valence-corrected chi connectivity index (χ0v) is 12.6. The molecule has 0 fully saturated rings. The summed E-state index contributed by atoms with van der Waals surface area (Å²) in [6.07, 6.45) is 3.79. The van der Waals surface area contributed by atoms with E-state index in [-0.39, 0.29) is 0 Å². The van der Waals surface area contributed by atoms with Crippen LogP contribution in [0.5, 0.6) is 5.75 Å². The molecule has 0 spiro atoms. The van der Waals surface area contributed by atoms with Crippen molar-refractivity contribution in [2.24, 2.45) is 0 Å². The molecule has 0 saturated heterocycles. The maximum absolute atomic E-state index is 6.09. The molecule has 0 N–H and O–H groups in total. The average Bonchev–Trinajstić information content (AvgIpc) is 1.99. The molecule has 0 aliphatic rings. The number of hydrogen-bond acceptors (Lipinski definition) is 2. The van der Waals surface area contributed by atoms with Crippen LogP contribution in [-0.4, -0.2) is 21.4 Å². The molecule has 0 amide bonds. The van der Waals surface area contributed by atoms with Crippen LogP contribution in [0.15, 0.2) is 18.5 Å². The highest BCUT2D eigenvalue weighted by molar-refractivity contribution is 6.89. The van der Waals surface area contributed by atoms with Gasteiger partial charge in [0.15, 0.2) is 0 Å². The van der Waals surface area contributed by atoms with Gasteiger partial charge in [0.25, 0.3) is 0 Å². The molecule has 0 radical (unpaired) electrons. The molecule has 0 aliphatic carbocycles. The SMILES string of the molecule is C[Si](C)(C)Oc1ccncc1[Si](C)(C)C. The first-order chi connectivity index (χ1) is 6.70. The van der Waals surface area contributed by atoms with Gasteiger partial charge in [0.2, 0.25) is 8.32 Å². The van der Waals surface area contributed by atoms with Gasteiger partial charge in [-0.15, -0.1) is 0 Å². The van der Waals surface area contributed by atoms with Crippen LogP contribution in [0.1, 0.15) is 0 Å². The summed E-state index contributed by atoms with van der Waals surface area (Å²) in [7, 11) is -2.86. The van der Waals surface area contributed by atoms with E-state index in [1.165, 1.54) is 5.19 Å². The summed E-state index contributed by atoms with van der Waals surface area (Å²) in [6, 6.07) is 2.01. The van der Waals surface area contributed by atoms with Gasteiger partial charge in [-0.3, -0.25) is 4.98 Å². The van der Waals surface area contributed by atoms with Crippen LogP contribution in [0.25, 0.3) is 0 Å². The second-order valence-corrected chi connectivity index (χ2v) is 15.3. The predicted octanol–water partition coefficient (Wildman–Crippen LogP) is 2.84. The van der Waals surface area contributed by atoms with E-state index in [9.17, 15) is 0 Å². The molecule has 1 aromatic rings. The first-order valence-electron chi connectivity index (χ1n) is 5.34. The van der Waals surface area contributed by atoms with Crippen molar-refractivity contribution in [1.29, 1.82) is 0 Å². The Bertz CT molecular complexity index is 339. The lowest BCUT2D eigenvalue weighted by atomic mass is 10.5. The van der Waals surface area contributed by atoms with E-state index in [4.69, 9.17) is 4.43 Å². The second-order valence-electron chi connectivity index (χ2n) is 5.84. The first kappa shape index (κ1) is 12.5. The molecule has 1 heterocycles. The molecule has 2 nitrogen and oxygen atoms in total. The smallest absolute Gasteiger partial charge is 0.242 e. The minimum Gasteiger partial charge on any atom is -0.544 e. The molecule has 0 aliphatic heterocycles. The molecule has 0 saturated carbocycles. The van der Waals surface area contributed by atoms with Crippen molar-refractivity contribution in [3.05, 3.63) is 18.5 Å². The lowest BCUT2D eigenvalue weighted by Gasteiger charge is -2.25. The van der Waals surface area contributed by atoms with E-state index in [1.54, 1.807) is 0 Å². The fraction of sp³-hybridized carbons (Fsp3) is 0.545. The highest BCUT2D eigenvalue weighted by Gasteiger charge is 2.24. The summed E-state index contributed by atoms with van der Waals surface area (Å²) >= 11 is 0. The zero-order valence-electron chi connectivity index (χ0n) is 10.6. The molecule has 84 valence electrons. The van der Waals surface area contributed by atoms with Crippen LogP contribution in [0.2, 0.25) is 39.3 Å². The fourth-order valence-corrected chi connectivity index (χ4v) is 3.64. The van der Waals surface area contributed by atoms with E-state index in [2.05, 4.69) is 44.3 Å². The Morgan fingerprint density at radius 1 is 1.07 bits per heavy atom. The number of nitrogens with zero attached hydrogens (tertiary/aromatic N) is 1. The van der Waals surface area contributed by atoms with Gasteiger partial charge in [-0.05, 0) is 30.9 Å². The quantitative estimate of drug-likeness (QED) is 0.757. The summed E-state index contributed by atoms with van der Waals surface area (Å²) < 4.78 is 6.09. The Labute approximate surface area is 94.8 Å². The molecule has 0 aromatic carbocycles. The summed E-state index contributed by atoms with van der Waals surface area (Å²) in [4.78, 5) is 4.21. The Kier molecular flexibility index (Phi) is 3.40. The average molecular weight is 239 g/mol. The van der Waals surface area contributed by atoms with Gasteiger partial charge in [0.05, 0.1) is 8.07 Å². The molecule has 1 aromatic heterocycles. The maximum atomic E-state index is 6.09. The molecule has 0 unspecified atom stereocenters. The maximum Gasteiger partial charge on any atom is 0.242 e. The van der Waals surface area contributed by atoms with Crippen LogP contribution in [0.4, 0.5) is 0 Å². The molecule has 0 bridgehead atoms. The van der Waals surface area contributed by atoms with Gasteiger partial charge in [-0.1, -0.05) is 19.6 Å². The summed E-state index contributed by atoms with van der Waals surface area (Å²) in [5.41, 5.74) is 0. The van der Waals surface area contributed by atoms with Crippen molar-refractivity contribution in [2.75, 3.05) is 0 Å². The van der Waals surface area contributed by atoms with Crippen LogP contribution >= 0.6 is 0 Å². The minimum atomic E-state index is -1.51. The largest absolute Gasteiger partial charge is 0.544 e. The van der Waals surface area contributed by atoms with Crippen LogP contribution in [0, 0.1) is 0 Å². The van der Waals surface area contributed by atoms with Crippen molar-refractivity contribution < 1.29 is 4.43 Å². The Morgan fingerprint density at radius 3 is 2.13 bits per heavy atom. The van der Waals surface area contributed by atoms with Gasteiger partial charge >= 0.3 is 0 Å². The van der Waals surface area contributed by atoms with Crippen molar-refractivity contribution in [3.63, 3.8) is 0 Å². The fourth-order valence-electron chi connectivity index (χ4n) is 1.36. The summed E-state index contributed by atoms with van der Waals surface area (Å²) in [5, 5.41) is 1.33. The summed E-state index contributed by atoms with van der Waals surface area (Å²) in [5.74, 6) is 1.06. The third-order valence-corrected chi connectivity index (χ3v) is 4.83. The second kappa shape index (κ2) is 4.10. The van der Waals surface area contributed by atoms with E-state index in [0.717, 1.165) is 5.75 Å². The zero-order chi connectivity index (χ0) is 11.7. The monoisotopic (exact) mass is 239 g/mol. The van der Waals surface area contributed by atoms with Crippen molar-refractivity contribution in [1.82, 2.24) is 4.98 Å². The highest BCUT2D eigenvalue weighted by atomic mass is 28.4. The van der Waals surface area contributed by atoms with Gasteiger partial charge < -0.3 is 4.43 Å². The van der Waals surface area contributed by atoms with Crippen LogP contribution in [-0.2, 0) is 0 Å². The lowest BCUT2D eigenvalue weighted by Crippen LogP contribution is -2.41. The van der Waals surface area contributed by atoms with Crippen LogP contribution < -0.4 is 9.61 Å². The normalized spacial score (nSPS) is 12.7.